The van der Waals surface area contributed by atoms with E-state index in [-0.39, 0.29) is 24.5 Å². The minimum Gasteiger partial charge on any atom is -0.394 e. The van der Waals surface area contributed by atoms with E-state index in [2.05, 4.69) is 14.5 Å². The Morgan fingerprint density at radius 2 is 1.40 bits per heavy atom. The van der Waals surface area contributed by atoms with Crippen molar-refractivity contribution in [3.8, 4) is 0 Å². The Balaban J connectivity index is 1.44. The van der Waals surface area contributed by atoms with Crippen molar-refractivity contribution < 1.29 is 51.6 Å². The molecule has 222 valence electrons. The number of nitrogens with two attached hydrogens (primary N) is 2. The number of phosphoric acid groups is 2. The van der Waals surface area contributed by atoms with Gasteiger partial charge in [-0.05, 0) is 12.1 Å². The van der Waals surface area contributed by atoms with Gasteiger partial charge < -0.3 is 35.8 Å². The van der Waals surface area contributed by atoms with Gasteiger partial charge in [0.1, 0.15) is 48.5 Å². The predicted octanol–water partition coefficient (Wildman–Crippen LogP) is -1.13. The number of ether oxygens (including phenoxy) is 2. The number of nitrogens with zero attached hydrogens (tertiary/aromatic N) is 4. The summed E-state index contributed by atoms with van der Waals surface area (Å²) in [5, 5.41) is 9.68. The van der Waals surface area contributed by atoms with Crippen molar-refractivity contribution in [2.75, 3.05) is 31.8 Å². The first-order chi connectivity index (χ1) is 18.8. The maximum Gasteiger partial charge on any atom is 0.472 e. The molecule has 4 heterocycles. The van der Waals surface area contributed by atoms with Gasteiger partial charge in [0.15, 0.2) is 0 Å². The van der Waals surface area contributed by atoms with Crippen molar-refractivity contribution in [1.82, 2.24) is 19.1 Å². The molecule has 2 aromatic heterocycles. The molecule has 2 aromatic rings. The summed E-state index contributed by atoms with van der Waals surface area (Å²) in [4.78, 5) is 51.7. The van der Waals surface area contributed by atoms with Gasteiger partial charge in [0, 0.05) is 32.3 Å². The quantitative estimate of drug-likeness (QED) is 0.188. The van der Waals surface area contributed by atoms with E-state index in [4.69, 9.17) is 34.5 Å². The number of hydrogen-bond donors (Lipinski definition) is 5. The highest BCUT2D eigenvalue weighted by atomic mass is 31.2. The molecule has 0 bridgehead atoms. The zero-order valence-electron chi connectivity index (χ0n) is 20.9. The lowest BCUT2D eigenvalue weighted by atomic mass is 10.2. The zero-order chi connectivity index (χ0) is 29.2. The van der Waals surface area contributed by atoms with Gasteiger partial charge in [0.05, 0.1) is 13.2 Å². The summed E-state index contributed by atoms with van der Waals surface area (Å²) in [5.74, 6) is -0.0559. The van der Waals surface area contributed by atoms with Gasteiger partial charge in [0.25, 0.3) is 0 Å². The van der Waals surface area contributed by atoms with Crippen LogP contribution in [0.15, 0.2) is 34.1 Å². The highest BCUT2D eigenvalue weighted by Gasteiger charge is 2.45. The molecule has 2 aliphatic heterocycles. The normalized spacial score (nSPS) is 29.7. The Labute approximate surface area is 225 Å². The fourth-order valence-electron chi connectivity index (χ4n) is 4.15. The number of aliphatic hydroxyl groups is 1. The van der Waals surface area contributed by atoms with E-state index in [1.165, 1.54) is 24.5 Å². The molecule has 2 aliphatic rings. The number of nitrogen functional groups attached to an aromatic ring is 2. The van der Waals surface area contributed by atoms with Crippen LogP contribution in [0, 0.1) is 0 Å². The maximum absolute atomic E-state index is 12.8. The standard InChI is InChI=1S/C19H28N6O13P2/c1-33-39(29,30)37-11-7-17(25-5-3-15(21)23-19(25)28)36-13(11)9-34-40(31,32)38-10-6-16(35-12(10)8-26)24-4-2-14(20)22-18(24)27/h2-5,10-13,16-17,26H,6-9H2,1H3,(H,29,30)(H,31,32)(H2,20,22,27)(H2,21,23,28)/t10?,11?,12-,13-,16-,17-/m1/s1. The van der Waals surface area contributed by atoms with Crippen molar-refractivity contribution in [1.29, 1.82) is 0 Å². The van der Waals surface area contributed by atoms with Crippen LogP contribution in [0.2, 0.25) is 0 Å². The summed E-state index contributed by atoms with van der Waals surface area (Å²) in [6.45, 7) is -1.31. The molecule has 8 atom stereocenters. The van der Waals surface area contributed by atoms with E-state index in [1.54, 1.807) is 0 Å². The average Bonchev–Trinajstić information content (AvgIpc) is 3.45. The van der Waals surface area contributed by atoms with Crippen LogP contribution >= 0.6 is 15.6 Å². The van der Waals surface area contributed by atoms with E-state index in [0.29, 0.717) is 0 Å². The number of aromatic nitrogens is 4. The topological polar surface area (TPSA) is 272 Å². The number of hydrogen-bond acceptors (Lipinski definition) is 15. The monoisotopic (exact) mass is 610 g/mol. The van der Waals surface area contributed by atoms with E-state index < -0.39 is 77.1 Å². The summed E-state index contributed by atoms with van der Waals surface area (Å²) in [6.07, 6.45) is -4.53. The molecule has 19 nitrogen and oxygen atoms in total. The molecule has 0 radical (unpaired) electrons. The number of aliphatic hydroxyl groups excluding tert-OH is 1. The van der Waals surface area contributed by atoms with Crippen molar-refractivity contribution in [3.63, 3.8) is 0 Å². The van der Waals surface area contributed by atoms with Crippen LogP contribution in [0.4, 0.5) is 11.6 Å². The lowest BCUT2D eigenvalue weighted by Gasteiger charge is -2.23. The van der Waals surface area contributed by atoms with E-state index in [9.17, 15) is 33.6 Å². The maximum atomic E-state index is 12.8. The first-order valence-electron chi connectivity index (χ1n) is 11.6. The Kier molecular flexibility index (Phi) is 9.23. The molecule has 21 heteroatoms. The zero-order valence-corrected chi connectivity index (χ0v) is 22.7. The molecule has 0 saturated carbocycles. The van der Waals surface area contributed by atoms with Gasteiger partial charge >= 0.3 is 27.0 Å². The third kappa shape index (κ3) is 7.20. The van der Waals surface area contributed by atoms with Crippen LogP contribution in [0.3, 0.4) is 0 Å². The minimum absolute atomic E-state index is 0.0155. The molecular weight excluding hydrogens is 582 g/mol. The summed E-state index contributed by atoms with van der Waals surface area (Å²) in [6, 6.07) is 2.68. The minimum atomic E-state index is -4.88. The molecule has 0 aromatic carbocycles. The van der Waals surface area contributed by atoms with Crippen LogP contribution in [0.25, 0.3) is 0 Å². The lowest BCUT2D eigenvalue weighted by Crippen LogP contribution is -2.30. The molecule has 7 N–H and O–H groups in total. The molecule has 0 aliphatic carbocycles. The fourth-order valence-corrected chi connectivity index (χ4v) is 5.76. The summed E-state index contributed by atoms with van der Waals surface area (Å²) < 4.78 is 58.1. The molecule has 4 unspecified atom stereocenters. The van der Waals surface area contributed by atoms with Gasteiger partial charge in [-0.25, -0.2) is 18.7 Å². The van der Waals surface area contributed by atoms with E-state index >= 15 is 0 Å². The number of phosphoric ester groups is 2. The highest BCUT2D eigenvalue weighted by molar-refractivity contribution is 7.47. The van der Waals surface area contributed by atoms with Gasteiger partial charge in [0.2, 0.25) is 0 Å². The molecule has 0 spiro atoms. The first-order valence-corrected chi connectivity index (χ1v) is 14.6. The Morgan fingerprint density at radius 3 is 1.88 bits per heavy atom. The number of anilines is 2. The highest BCUT2D eigenvalue weighted by Crippen LogP contribution is 2.51. The van der Waals surface area contributed by atoms with Gasteiger partial charge in [-0.3, -0.25) is 27.2 Å². The third-order valence-electron chi connectivity index (χ3n) is 6.03. The van der Waals surface area contributed by atoms with Crippen molar-refractivity contribution in [2.24, 2.45) is 0 Å². The van der Waals surface area contributed by atoms with Crippen LogP contribution < -0.4 is 22.8 Å². The average molecular weight is 610 g/mol. The fraction of sp³-hybridized carbons (Fsp3) is 0.579. The molecule has 4 rings (SSSR count). The number of rotatable bonds is 11. The summed E-state index contributed by atoms with van der Waals surface area (Å²) in [5.41, 5.74) is 9.47. The van der Waals surface area contributed by atoms with Crippen LogP contribution in [0.1, 0.15) is 25.3 Å². The second-order valence-electron chi connectivity index (χ2n) is 8.70. The van der Waals surface area contributed by atoms with Crippen molar-refractivity contribution in [2.45, 2.75) is 49.7 Å². The first kappa shape index (κ1) is 30.4. The lowest BCUT2D eigenvalue weighted by molar-refractivity contribution is -0.0573. The molecule has 0 amide bonds. The smallest absolute Gasteiger partial charge is 0.394 e. The molecule has 40 heavy (non-hydrogen) atoms. The summed E-state index contributed by atoms with van der Waals surface area (Å²) >= 11 is 0. The van der Waals surface area contributed by atoms with E-state index in [0.717, 1.165) is 16.2 Å². The third-order valence-corrected chi connectivity index (χ3v) is 8.05. The summed E-state index contributed by atoms with van der Waals surface area (Å²) in [7, 11) is -8.50. The Morgan fingerprint density at radius 1 is 0.925 bits per heavy atom. The van der Waals surface area contributed by atoms with Crippen molar-refractivity contribution >= 4 is 27.3 Å². The predicted molar refractivity (Wildman–Crippen MR) is 132 cm³/mol. The second-order valence-corrected chi connectivity index (χ2v) is 11.6. The van der Waals surface area contributed by atoms with Gasteiger partial charge in [-0.2, -0.15) is 9.97 Å². The SMILES string of the molecule is COP(=O)(O)OC1C[C@H](n2ccc(N)nc2=O)O[C@@H]1COP(=O)(O)OC1C[C@H](n2ccc(N)nc2=O)O[C@@H]1CO. The van der Waals surface area contributed by atoms with E-state index in [1.807, 2.05) is 0 Å². The second kappa shape index (κ2) is 12.1. The van der Waals surface area contributed by atoms with Crippen LogP contribution in [-0.4, -0.2) is 78.7 Å². The largest absolute Gasteiger partial charge is 0.472 e. The van der Waals surface area contributed by atoms with Gasteiger partial charge in [-0.1, -0.05) is 0 Å². The van der Waals surface area contributed by atoms with Crippen LogP contribution in [0.5, 0.6) is 0 Å². The Hall–Kier alpha value is -2.54. The van der Waals surface area contributed by atoms with Crippen LogP contribution in [-0.2, 0) is 36.7 Å². The molecule has 2 saturated heterocycles. The van der Waals surface area contributed by atoms with Crippen molar-refractivity contribution in [3.05, 3.63) is 45.5 Å². The molecular formula is C19H28N6O13P2. The Bertz CT molecular complexity index is 1420. The van der Waals surface area contributed by atoms with Gasteiger partial charge in [-0.15, -0.1) is 0 Å². The molecule has 2 fully saturated rings.